The number of aromatic nitrogens is 1. The molecule has 0 amide bonds. The molecule has 0 saturated carbocycles. The molecule has 3 heteroatoms. The van der Waals surface area contributed by atoms with Crippen LogP contribution in [0, 0.1) is 0 Å². The molecule has 0 atom stereocenters. The molecule has 0 bridgehead atoms. The van der Waals surface area contributed by atoms with Gasteiger partial charge in [0.25, 0.3) is 0 Å². The van der Waals surface area contributed by atoms with Crippen molar-refractivity contribution in [2.24, 2.45) is 0 Å². The van der Waals surface area contributed by atoms with Crippen molar-refractivity contribution < 1.29 is 0 Å². The number of benzene rings is 6. The minimum Gasteiger partial charge on any atom is -0.317 e. The first-order valence-corrected chi connectivity index (χ1v) is 13.8. The Morgan fingerprint density at radius 2 is 0.707 bits per heavy atom. The second-order valence-corrected chi connectivity index (χ2v) is 9.97. The average Bonchev–Trinajstić information content (AvgIpc) is 3.36. The van der Waals surface area contributed by atoms with Crippen LogP contribution < -0.4 is 9.80 Å². The van der Waals surface area contributed by atoms with E-state index in [-0.39, 0.29) is 0 Å². The fourth-order valence-electron chi connectivity index (χ4n) is 5.71. The van der Waals surface area contributed by atoms with Crippen molar-refractivity contribution in [3.8, 4) is 0 Å². The second kappa shape index (κ2) is 10.6. The Kier molecular flexibility index (Phi) is 6.31. The lowest BCUT2D eigenvalue weighted by Crippen LogP contribution is -2.09. The van der Waals surface area contributed by atoms with Gasteiger partial charge in [-0.15, -0.1) is 0 Å². The SMILES string of the molecule is C=Cn1c2ccc(N(c3ccccc3)c3ccccc3)cc2c2cc(N(c3ccccc3)c3ccccc3)ccc21. The molecule has 6 aromatic carbocycles. The summed E-state index contributed by atoms with van der Waals surface area (Å²) < 4.78 is 2.18. The van der Waals surface area contributed by atoms with Gasteiger partial charge < -0.3 is 14.4 Å². The zero-order valence-electron chi connectivity index (χ0n) is 22.6. The Labute approximate surface area is 240 Å². The summed E-state index contributed by atoms with van der Waals surface area (Å²) in [4.78, 5) is 4.61. The Morgan fingerprint density at radius 3 is 1.00 bits per heavy atom. The first-order chi connectivity index (χ1) is 20.3. The first kappa shape index (κ1) is 24.5. The molecule has 0 fully saturated rings. The van der Waals surface area contributed by atoms with Crippen molar-refractivity contribution in [1.82, 2.24) is 4.57 Å². The molecule has 1 heterocycles. The topological polar surface area (TPSA) is 11.4 Å². The van der Waals surface area contributed by atoms with Gasteiger partial charge in [0.15, 0.2) is 0 Å². The summed E-state index contributed by atoms with van der Waals surface area (Å²) in [5.74, 6) is 0. The molecule has 0 aliphatic heterocycles. The molecular formula is C38H29N3. The number of anilines is 6. The highest BCUT2D eigenvalue weighted by Crippen LogP contribution is 2.41. The van der Waals surface area contributed by atoms with Gasteiger partial charge in [-0.05, 0) is 84.9 Å². The highest BCUT2D eigenvalue weighted by Gasteiger charge is 2.18. The molecule has 3 nitrogen and oxygen atoms in total. The van der Waals surface area contributed by atoms with Crippen LogP contribution in [-0.2, 0) is 0 Å². The Balaban J connectivity index is 1.45. The van der Waals surface area contributed by atoms with E-state index in [1.54, 1.807) is 0 Å². The van der Waals surface area contributed by atoms with E-state index in [2.05, 4.69) is 179 Å². The number of rotatable bonds is 7. The molecule has 7 aromatic rings. The van der Waals surface area contributed by atoms with E-state index in [0.717, 1.165) is 45.2 Å². The largest absolute Gasteiger partial charge is 0.317 e. The van der Waals surface area contributed by atoms with Crippen molar-refractivity contribution in [1.29, 1.82) is 0 Å². The predicted octanol–water partition coefficient (Wildman–Crippen LogP) is 10.8. The van der Waals surface area contributed by atoms with Crippen LogP contribution in [0.15, 0.2) is 164 Å². The lowest BCUT2D eigenvalue weighted by molar-refractivity contribution is 1.27. The van der Waals surface area contributed by atoms with Gasteiger partial charge in [-0.3, -0.25) is 0 Å². The molecule has 0 spiro atoms. The maximum atomic E-state index is 4.15. The number of para-hydroxylation sites is 4. The zero-order valence-corrected chi connectivity index (χ0v) is 22.6. The van der Waals surface area contributed by atoms with E-state index < -0.39 is 0 Å². The number of hydrogen-bond acceptors (Lipinski definition) is 2. The van der Waals surface area contributed by atoms with E-state index in [9.17, 15) is 0 Å². The minimum absolute atomic E-state index is 1.10. The highest BCUT2D eigenvalue weighted by molar-refractivity contribution is 6.12. The summed E-state index contributed by atoms with van der Waals surface area (Å²) in [5, 5.41) is 2.36. The van der Waals surface area contributed by atoms with Crippen molar-refractivity contribution in [2.75, 3.05) is 9.80 Å². The molecule has 0 N–H and O–H groups in total. The third kappa shape index (κ3) is 4.44. The van der Waals surface area contributed by atoms with Crippen molar-refractivity contribution in [2.45, 2.75) is 0 Å². The van der Waals surface area contributed by atoms with Crippen LogP contribution in [0.3, 0.4) is 0 Å². The van der Waals surface area contributed by atoms with Crippen LogP contribution in [0.1, 0.15) is 0 Å². The number of nitrogens with zero attached hydrogens (tertiary/aromatic N) is 3. The van der Waals surface area contributed by atoms with E-state index in [1.807, 2.05) is 6.20 Å². The van der Waals surface area contributed by atoms with Gasteiger partial charge >= 0.3 is 0 Å². The maximum Gasteiger partial charge on any atom is 0.0536 e. The monoisotopic (exact) mass is 527 g/mol. The molecule has 1 aromatic heterocycles. The van der Waals surface area contributed by atoms with Gasteiger partial charge in [0.05, 0.1) is 11.0 Å². The van der Waals surface area contributed by atoms with E-state index in [0.29, 0.717) is 0 Å². The summed E-state index contributed by atoms with van der Waals surface area (Å²) in [6, 6.07) is 55.5. The quantitative estimate of drug-likeness (QED) is 0.204. The van der Waals surface area contributed by atoms with Crippen LogP contribution >= 0.6 is 0 Å². The standard InChI is InChI=1S/C38H29N3/c1-2-39-37-25-23-33(40(29-15-7-3-8-16-29)30-17-9-4-10-18-30)27-35(37)36-28-34(24-26-38(36)39)41(31-19-11-5-12-20-31)32-21-13-6-14-22-32/h2-28H,1H2. The maximum absolute atomic E-state index is 4.15. The molecule has 196 valence electrons. The summed E-state index contributed by atoms with van der Waals surface area (Å²) in [7, 11) is 0. The number of hydrogen-bond donors (Lipinski definition) is 0. The van der Waals surface area contributed by atoms with E-state index >= 15 is 0 Å². The first-order valence-electron chi connectivity index (χ1n) is 13.8. The molecule has 0 aliphatic rings. The normalized spacial score (nSPS) is 11.0. The molecular weight excluding hydrogens is 498 g/mol. The Hall–Kier alpha value is -5.54. The third-order valence-electron chi connectivity index (χ3n) is 7.53. The van der Waals surface area contributed by atoms with Gasteiger partial charge in [-0.2, -0.15) is 0 Å². The molecule has 0 unspecified atom stereocenters. The van der Waals surface area contributed by atoms with Gasteiger partial charge in [-0.1, -0.05) is 79.4 Å². The molecule has 0 aliphatic carbocycles. The lowest BCUT2D eigenvalue weighted by Gasteiger charge is -2.26. The smallest absolute Gasteiger partial charge is 0.0536 e. The fourth-order valence-corrected chi connectivity index (χ4v) is 5.71. The Morgan fingerprint density at radius 1 is 0.390 bits per heavy atom. The molecule has 0 saturated heterocycles. The van der Waals surface area contributed by atoms with Gasteiger partial charge in [0, 0.05) is 51.1 Å². The van der Waals surface area contributed by atoms with Crippen molar-refractivity contribution in [3.63, 3.8) is 0 Å². The van der Waals surface area contributed by atoms with Crippen LogP contribution in [0.4, 0.5) is 34.1 Å². The van der Waals surface area contributed by atoms with Crippen LogP contribution in [-0.4, -0.2) is 4.57 Å². The van der Waals surface area contributed by atoms with Crippen molar-refractivity contribution >= 4 is 62.1 Å². The molecule has 41 heavy (non-hydrogen) atoms. The number of fused-ring (bicyclic) bond motifs is 3. The Bertz CT molecular complexity index is 1720. The second-order valence-electron chi connectivity index (χ2n) is 9.97. The zero-order chi connectivity index (χ0) is 27.6. The molecule has 7 rings (SSSR count). The average molecular weight is 528 g/mol. The minimum atomic E-state index is 1.10. The van der Waals surface area contributed by atoms with Crippen LogP contribution in [0.5, 0.6) is 0 Å². The van der Waals surface area contributed by atoms with Crippen LogP contribution in [0.2, 0.25) is 0 Å². The third-order valence-corrected chi connectivity index (χ3v) is 7.53. The van der Waals surface area contributed by atoms with E-state index in [1.165, 1.54) is 10.8 Å². The molecule has 0 radical (unpaired) electrons. The van der Waals surface area contributed by atoms with Gasteiger partial charge in [0.1, 0.15) is 0 Å². The lowest BCUT2D eigenvalue weighted by atomic mass is 10.1. The van der Waals surface area contributed by atoms with Crippen LogP contribution in [0.25, 0.3) is 28.0 Å². The highest BCUT2D eigenvalue weighted by atomic mass is 15.1. The summed E-state index contributed by atoms with van der Waals surface area (Å²) in [5.41, 5.74) is 8.93. The summed E-state index contributed by atoms with van der Waals surface area (Å²) in [6.45, 7) is 4.15. The van der Waals surface area contributed by atoms with Gasteiger partial charge in [-0.25, -0.2) is 0 Å². The fraction of sp³-hybridized carbons (Fsp3) is 0. The van der Waals surface area contributed by atoms with E-state index in [4.69, 9.17) is 0 Å². The van der Waals surface area contributed by atoms with Crippen molar-refractivity contribution in [3.05, 3.63) is 164 Å². The predicted molar refractivity (Wildman–Crippen MR) is 175 cm³/mol. The summed E-state index contributed by atoms with van der Waals surface area (Å²) >= 11 is 0. The van der Waals surface area contributed by atoms with Gasteiger partial charge in [0.2, 0.25) is 0 Å². The summed E-state index contributed by atoms with van der Waals surface area (Å²) in [6.07, 6.45) is 1.91.